The molecule has 2 aromatic carbocycles. The molecule has 1 N–H and O–H groups in total. The summed E-state index contributed by atoms with van der Waals surface area (Å²) in [5, 5.41) is 2.92. The summed E-state index contributed by atoms with van der Waals surface area (Å²) in [7, 11) is 0. The minimum Gasteiger partial charge on any atom is -0.356 e. The van der Waals surface area contributed by atoms with Crippen molar-refractivity contribution in [3.05, 3.63) is 65.0 Å². The Morgan fingerprint density at radius 2 is 1.79 bits per heavy atom. The Bertz CT molecular complexity index is 1000. The summed E-state index contributed by atoms with van der Waals surface area (Å²) in [5.41, 5.74) is 5.05. The van der Waals surface area contributed by atoms with Crippen LogP contribution in [-0.4, -0.2) is 27.8 Å². The highest BCUT2D eigenvalue weighted by atomic mass is 16.2. The molecule has 0 aliphatic carbocycles. The number of nitrogens with one attached hydrogen (secondary N) is 1. The molecule has 0 aliphatic rings. The molecule has 3 aromatic rings. The fourth-order valence-electron chi connectivity index (χ4n) is 3.32. The van der Waals surface area contributed by atoms with E-state index in [1.165, 1.54) is 0 Å². The molecule has 28 heavy (non-hydrogen) atoms. The Balaban J connectivity index is 1.42. The van der Waals surface area contributed by atoms with Gasteiger partial charge < -0.3 is 9.88 Å². The molecular weight excluding hydrogens is 350 g/mol. The van der Waals surface area contributed by atoms with Crippen molar-refractivity contribution in [1.29, 1.82) is 0 Å². The van der Waals surface area contributed by atoms with Gasteiger partial charge in [-0.3, -0.25) is 9.59 Å². The van der Waals surface area contributed by atoms with Gasteiger partial charge in [0.2, 0.25) is 5.91 Å². The Morgan fingerprint density at radius 3 is 2.57 bits per heavy atom. The first-order valence-electron chi connectivity index (χ1n) is 9.74. The van der Waals surface area contributed by atoms with Gasteiger partial charge in [-0.25, -0.2) is 4.98 Å². The number of nitrogens with zero attached hydrogens (tertiary/aromatic N) is 2. The number of amides is 1. The molecule has 1 heterocycles. The number of fused-ring (bicyclic) bond motifs is 1. The molecular formula is C23H27N3O2. The Kier molecular flexibility index (Phi) is 6.24. The number of para-hydroxylation sites is 2. The first-order valence-corrected chi connectivity index (χ1v) is 9.74. The topological polar surface area (TPSA) is 64.0 Å². The second kappa shape index (κ2) is 8.83. The van der Waals surface area contributed by atoms with Crippen LogP contribution >= 0.6 is 0 Å². The highest BCUT2D eigenvalue weighted by Gasteiger charge is 2.10. The molecule has 1 aromatic heterocycles. The summed E-state index contributed by atoms with van der Waals surface area (Å²) in [6.07, 6.45) is 1.27. The molecule has 0 atom stereocenters. The standard InChI is InChI=1S/C23H27N3O2/c1-16-9-10-19(15-17(16)2)22(27)11-12-23(28)24-13-6-14-26-18(3)25-20-7-4-5-8-21(20)26/h4-5,7-10,15H,6,11-14H2,1-3H3,(H,24,28). The van der Waals surface area contributed by atoms with Gasteiger partial charge in [-0.15, -0.1) is 0 Å². The van der Waals surface area contributed by atoms with E-state index in [-0.39, 0.29) is 24.5 Å². The fourth-order valence-corrected chi connectivity index (χ4v) is 3.32. The summed E-state index contributed by atoms with van der Waals surface area (Å²) in [6, 6.07) is 13.7. The van der Waals surface area contributed by atoms with Crippen LogP contribution in [0.4, 0.5) is 0 Å². The highest BCUT2D eigenvalue weighted by molar-refractivity contribution is 5.98. The van der Waals surface area contributed by atoms with E-state index in [0.717, 1.165) is 41.0 Å². The molecule has 0 radical (unpaired) electrons. The Morgan fingerprint density at radius 1 is 1.00 bits per heavy atom. The second-order valence-corrected chi connectivity index (χ2v) is 7.23. The predicted octanol–water partition coefficient (Wildman–Crippen LogP) is 4.13. The number of aryl methyl sites for hydroxylation is 4. The molecule has 0 unspecified atom stereocenters. The van der Waals surface area contributed by atoms with E-state index in [9.17, 15) is 9.59 Å². The lowest BCUT2D eigenvalue weighted by Gasteiger charge is -2.08. The fraction of sp³-hybridized carbons (Fsp3) is 0.348. The van der Waals surface area contributed by atoms with Crippen molar-refractivity contribution in [2.45, 2.75) is 46.6 Å². The third kappa shape index (κ3) is 4.66. The molecule has 0 fully saturated rings. The van der Waals surface area contributed by atoms with E-state index in [1.54, 1.807) is 0 Å². The summed E-state index contributed by atoms with van der Waals surface area (Å²) in [4.78, 5) is 28.9. The first-order chi connectivity index (χ1) is 13.5. The van der Waals surface area contributed by atoms with E-state index in [4.69, 9.17) is 0 Å². The largest absolute Gasteiger partial charge is 0.356 e. The van der Waals surface area contributed by atoms with Crippen molar-refractivity contribution < 1.29 is 9.59 Å². The monoisotopic (exact) mass is 377 g/mol. The van der Waals surface area contributed by atoms with E-state index < -0.39 is 0 Å². The van der Waals surface area contributed by atoms with E-state index in [1.807, 2.05) is 57.2 Å². The number of rotatable bonds is 8. The van der Waals surface area contributed by atoms with Crippen LogP contribution in [0, 0.1) is 20.8 Å². The van der Waals surface area contributed by atoms with Crippen LogP contribution < -0.4 is 5.32 Å². The minimum absolute atomic E-state index is 0.0127. The summed E-state index contributed by atoms with van der Waals surface area (Å²) < 4.78 is 2.17. The number of hydrogen-bond acceptors (Lipinski definition) is 3. The van der Waals surface area contributed by atoms with Crippen LogP contribution in [-0.2, 0) is 11.3 Å². The molecule has 5 heteroatoms. The number of Topliss-reactive ketones (excluding diaryl/α,β-unsaturated/α-hetero) is 1. The average Bonchev–Trinajstić information content (AvgIpc) is 3.00. The Hall–Kier alpha value is -2.95. The van der Waals surface area contributed by atoms with E-state index >= 15 is 0 Å². The molecule has 5 nitrogen and oxygen atoms in total. The number of aromatic nitrogens is 2. The van der Waals surface area contributed by atoms with Crippen LogP contribution in [0.25, 0.3) is 11.0 Å². The van der Waals surface area contributed by atoms with Gasteiger partial charge in [0, 0.05) is 31.5 Å². The zero-order valence-corrected chi connectivity index (χ0v) is 16.8. The average molecular weight is 377 g/mol. The van der Waals surface area contributed by atoms with Crippen LogP contribution in [0.1, 0.15) is 46.6 Å². The lowest BCUT2D eigenvalue weighted by atomic mass is 10.0. The van der Waals surface area contributed by atoms with Crippen molar-refractivity contribution in [2.24, 2.45) is 0 Å². The smallest absolute Gasteiger partial charge is 0.220 e. The molecule has 1 amide bonds. The SMILES string of the molecule is Cc1ccc(C(=O)CCC(=O)NCCCn2c(C)nc3ccccc32)cc1C. The quantitative estimate of drug-likeness (QED) is 0.474. The van der Waals surface area contributed by atoms with Crippen molar-refractivity contribution in [2.75, 3.05) is 6.54 Å². The van der Waals surface area contributed by atoms with Gasteiger partial charge in [0.1, 0.15) is 5.82 Å². The molecule has 0 saturated carbocycles. The lowest BCUT2D eigenvalue weighted by Crippen LogP contribution is -2.25. The number of benzene rings is 2. The van der Waals surface area contributed by atoms with E-state index in [0.29, 0.717) is 12.1 Å². The van der Waals surface area contributed by atoms with Crippen LogP contribution in [0.5, 0.6) is 0 Å². The third-order valence-electron chi connectivity index (χ3n) is 5.13. The zero-order valence-electron chi connectivity index (χ0n) is 16.8. The van der Waals surface area contributed by atoms with Gasteiger partial charge in [0.25, 0.3) is 0 Å². The van der Waals surface area contributed by atoms with E-state index in [2.05, 4.69) is 20.9 Å². The molecule has 0 aliphatic heterocycles. The maximum Gasteiger partial charge on any atom is 0.220 e. The van der Waals surface area contributed by atoms with Crippen molar-refractivity contribution >= 4 is 22.7 Å². The number of imidazole rings is 1. The van der Waals surface area contributed by atoms with Crippen molar-refractivity contribution in [3.8, 4) is 0 Å². The molecule has 0 saturated heterocycles. The molecule has 146 valence electrons. The van der Waals surface area contributed by atoms with Gasteiger partial charge in [-0.2, -0.15) is 0 Å². The zero-order chi connectivity index (χ0) is 20.1. The van der Waals surface area contributed by atoms with Gasteiger partial charge in [-0.05, 0) is 56.5 Å². The summed E-state index contributed by atoms with van der Waals surface area (Å²) >= 11 is 0. The number of ketones is 1. The molecule has 0 spiro atoms. The summed E-state index contributed by atoms with van der Waals surface area (Å²) in [6.45, 7) is 7.39. The normalized spacial score (nSPS) is 11.0. The first kappa shape index (κ1) is 19.8. The molecule has 0 bridgehead atoms. The number of carbonyl (C=O) groups is 2. The molecule has 3 rings (SSSR count). The van der Waals surface area contributed by atoms with Crippen LogP contribution in [0.2, 0.25) is 0 Å². The third-order valence-corrected chi connectivity index (χ3v) is 5.13. The summed E-state index contributed by atoms with van der Waals surface area (Å²) in [5.74, 6) is 0.912. The lowest BCUT2D eigenvalue weighted by molar-refractivity contribution is -0.121. The van der Waals surface area contributed by atoms with Gasteiger partial charge in [0.05, 0.1) is 11.0 Å². The minimum atomic E-state index is -0.0793. The maximum absolute atomic E-state index is 12.3. The van der Waals surface area contributed by atoms with Gasteiger partial charge >= 0.3 is 0 Å². The van der Waals surface area contributed by atoms with Gasteiger partial charge in [0.15, 0.2) is 5.78 Å². The highest BCUT2D eigenvalue weighted by Crippen LogP contribution is 2.16. The van der Waals surface area contributed by atoms with Crippen LogP contribution in [0.3, 0.4) is 0 Å². The predicted molar refractivity (Wildman–Crippen MR) is 112 cm³/mol. The second-order valence-electron chi connectivity index (χ2n) is 7.23. The number of carbonyl (C=O) groups excluding carboxylic acids is 2. The van der Waals surface area contributed by atoms with Crippen molar-refractivity contribution in [3.63, 3.8) is 0 Å². The maximum atomic E-state index is 12.3. The van der Waals surface area contributed by atoms with Crippen molar-refractivity contribution in [1.82, 2.24) is 14.9 Å². The Labute approximate surface area is 165 Å². The number of hydrogen-bond donors (Lipinski definition) is 1. The van der Waals surface area contributed by atoms with Crippen LogP contribution in [0.15, 0.2) is 42.5 Å². The van der Waals surface area contributed by atoms with Gasteiger partial charge in [-0.1, -0.05) is 24.3 Å².